The summed E-state index contributed by atoms with van der Waals surface area (Å²) in [6.07, 6.45) is 3.80. The number of carbonyl (C=O) groups is 1. The first-order valence-electron chi connectivity index (χ1n) is 10.2. The van der Waals surface area contributed by atoms with Crippen LogP contribution in [-0.4, -0.2) is 29.3 Å². The van der Waals surface area contributed by atoms with E-state index in [1.807, 2.05) is 36.4 Å². The third-order valence-corrected chi connectivity index (χ3v) is 5.26. The molecule has 0 radical (unpaired) electrons. The normalized spacial score (nSPS) is 13.9. The van der Waals surface area contributed by atoms with E-state index >= 15 is 0 Å². The van der Waals surface area contributed by atoms with E-state index in [2.05, 4.69) is 21.5 Å². The van der Waals surface area contributed by atoms with E-state index in [0.29, 0.717) is 11.7 Å². The lowest BCUT2D eigenvalue weighted by Crippen LogP contribution is -2.36. The summed E-state index contributed by atoms with van der Waals surface area (Å²) in [5.41, 5.74) is 3.36. The lowest BCUT2D eigenvalue weighted by atomic mass is 9.91. The Labute approximate surface area is 175 Å². The first-order valence-corrected chi connectivity index (χ1v) is 10.2. The number of rotatable bonds is 7. The van der Waals surface area contributed by atoms with Crippen LogP contribution in [0, 0.1) is 0 Å². The fraction of sp³-hybridized carbons (Fsp3) is 0.348. The monoisotopic (exact) mass is 407 g/mol. The Morgan fingerprint density at radius 1 is 1.17 bits per heavy atom. The molecule has 1 heterocycles. The van der Waals surface area contributed by atoms with Gasteiger partial charge in [0.15, 0.2) is 6.10 Å². The Kier molecular flexibility index (Phi) is 5.97. The highest BCUT2D eigenvalue weighted by atomic mass is 16.5. The number of aromatic nitrogens is 2. The van der Waals surface area contributed by atoms with Crippen molar-refractivity contribution in [2.75, 3.05) is 7.11 Å². The second-order valence-electron chi connectivity index (χ2n) is 7.32. The van der Waals surface area contributed by atoms with E-state index in [4.69, 9.17) is 14.0 Å². The van der Waals surface area contributed by atoms with E-state index in [9.17, 15) is 4.79 Å². The Balaban J connectivity index is 1.34. The van der Waals surface area contributed by atoms with Crippen molar-refractivity contribution < 1.29 is 18.8 Å². The number of fused-ring (bicyclic) bond motifs is 1. The van der Waals surface area contributed by atoms with Gasteiger partial charge in [0, 0.05) is 5.56 Å². The SMILES string of the molecule is COc1ccc(-c2noc(CNC(=O)C(C)Oc3cccc4c3CCCC4)n2)cc1. The van der Waals surface area contributed by atoms with Gasteiger partial charge in [-0.3, -0.25) is 4.79 Å². The molecule has 0 fully saturated rings. The predicted molar refractivity (Wildman–Crippen MR) is 111 cm³/mol. The standard InChI is InChI=1S/C23H25N3O4/c1-15(29-20-9-5-7-16-6-3-4-8-19(16)20)23(27)24-14-21-25-22(26-30-21)17-10-12-18(28-2)13-11-17/h5,7,9-13,15H,3-4,6,8,14H2,1-2H3,(H,24,27). The predicted octanol–water partition coefficient (Wildman–Crippen LogP) is 3.71. The Hall–Kier alpha value is -3.35. The first-order chi connectivity index (χ1) is 14.6. The van der Waals surface area contributed by atoms with Crippen LogP contribution in [0.2, 0.25) is 0 Å². The zero-order valence-electron chi connectivity index (χ0n) is 17.2. The van der Waals surface area contributed by atoms with Crippen molar-refractivity contribution >= 4 is 5.91 Å². The summed E-state index contributed by atoms with van der Waals surface area (Å²) < 4.78 is 16.4. The highest BCUT2D eigenvalue weighted by Crippen LogP contribution is 2.30. The van der Waals surface area contributed by atoms with Crippen LogP contribution in [0.1, 0.15) is 36.8 Å². The molecule has 156 valence electrons. The van der Waals surface area contributed by atoms with Crippen molar-refractivity contribution in [3.63, 3.8) is 0 Å². The van der Waals surface area contributed by atoms with Gasteiger partial charge in [-0.25, -0.2) is 0 Å². The maximum Gasteiger partial charge on any atom is 0.261 e. The molecule has 1 aromatic heterocycles. The van der Waals surface area contributed by atoms with Gasteiger partial charge in [0.25, 0.3) is 5.91 Å². The molecule has 0 saturated carbocycles. The summed E-state index contributed by atoms with van der Waals surface area (Å²) in [7, 11) is 1.61. The van der Waals surface area contributed by atoms with Crippen LogP contribution < -0.4 is 14.8 Å². The van der Waals surface area contributed by atoms with E-state index in [1.165, 1.54) is 17.5 Å². The molecule has 1 unspecified atom stereocenters. The number of carbonyl (C=O) groups excluding carboxylic acids is 1. The maximum absolute atomic E-state index is 12.5. The molecular formula is C23H25N3O4. The van der Waals surface area contributed by atoms with Crippen LogP contribution in [0.5, 0.6) is 11.5 Å². The molecule has 0 bridgehead atoms. The average Bonchev–Trinajstić information content (AvgIpc) is 3.27. The average molecular weight is 407 g/mol. The summed E-state index contributed by atoms with van der Waals surface area (Å²) in [4.78, 5) is 16.8. The Bertz CT molecular complexity index is 1010. The minimum absolute atomic E-state index is 0.141. The third kappa shape index (κ3) is 4.45. The van der Waals surface area contributed by atoms with Crippen LogP contribution in [0.4, 0.5) is 0 Å². The van der Waals surface area contributed by atoms with Crippen LogP contribution in [-0.2, 0) is 24.2 Å². The van der Waals surface area contributed by atoms with E-state index in [0.717, 1.165) is 36.3 Å². The van der Waals surface area contributed by atoms with Crippen molar-refractivity contribution in [2.24, 2.45) is 0 Å². The number of hydrogen-bond donors (Lipinski definition) is 1. The maximum atomic E-state index is 12.5. The number of aryl methyl sites for hydroxylation is 1. The molecule has 1 amide bonds. The largest absolute Gasteiger partial charge is 0.497 e. The van der Waals surface area contributed by atoms with Gasteiger partial charge < -0.3 is 19.3 Å². The van der Waals surface area contributed by atoms with Crippen LogP contribution in [0.25, 0.3) is 11.4 Å². The van der Waals surface area contributed by atoms with Crippen LogP contribution in [0.15, 0.2) is 47.0 Å². The van der Waals surface area contributed by atoms with Gasteiger partial charge in [-0.15, -0.1) is 0 Å². The lowest BCUT2D eigenvalue weighted by molar-refractivity contribution is -0.127. The molecular weight excluding hydrogens is 382 g/mol. The van der Waals surface area contributed by atoms with Crippen molar-refractivity contribution in [3.05, 3.63) is 59.5 Å². The summed E-state index contributed by atoms with van der Waals surface area (Å²) in [6, 6.07) is 13.4. The van der Waals surface area contributed by atoms with Gasteiger partial charge in [0.1, 0.15) is 11.5 Å². The molecule has 1 aliphatic carbocycles. The van der Waals surface area contributed by atoms with Crippen LogP contribution >= 0.6 is 0 Å². The molecule has 4 rings (SSSR count). The number of nitrogens with one attached hydrogen (secondary N) is 1. The molecule has 1 atom stereocenters. The lowest BCUT2D eigenvalue weighted by Gasteiger charge is -2.21. The van der Waals surface area contributed by atoms with Gasteiger partial charge in [0.05, 0.1) is 13.7 Å². The Morgan fingerprint density at radius 2 is 1.97 bits per heavy atom. The second kappa shape index (κ2) is 8.98. The van der Waals surface area contributed by atoms with Gasteiger partial charge >= 0.3 is 0 Å². The zero-order chi connectivity index (χ0) is 20.9. The van der Waals surface area contributed by atoms with E-state index < -0.39 is 6.10 Å². The summed E-state index contributed by atoms with van der Waals surface area (Å²) in [6.45, 7) is 1.89. The second-order valence-corrected chi connectivity index (χ2v) is 7.32. The fourth-order valence-corrected chi connectivity index (χ4v) is 3.59. The molecule has 1 aliphatic rings. The quantitative estimate of drug-likeness (QED) is 0.643. The van der Waals surface area contributed by atoms with Crippen LogP contribution in [0.3, 0.4) is 0 Å². The van der Waals surface area contributed by atoms with Crippen molar-refractivity contribution in [1.29, 1.82) is 0 Å². The summed E-state index contributed by atoms with van der Waals surface area (Å²) in [5, 5.41) is 6.77. The molecule has 0 aliphatic heterocycles. The van der Waals surface area contributed by atoms with Crippen molar-refractivity contribution in [2.45, 2.75) is 45.3 Å². The van der Waals surface area contributed by atoms with Crippen molar-refractivity contribution in [3.8, 4) is 22.9 Å². The molecule has 7 nitrogen and oxygen atoms in total. The van der Waals surface area contributed by atoms with E-state index in [-0.39, 0.29) is 12.5 Å². The van der Waals surface area contributed by atoms with Crippen molar-refractivity contribution in [1.82, 2.24) is 15.5 Å². The topological polar surface area (TPSA) is 86.5 Å². The Morgan fingerprint density at radius 3 is 2.77 bits per heavy atom. The number of ether oxygens (including phenoxy) is 2. The van der Waals surface area contributed by atoms with Gasteiger partial charge in [0.2, 0.25) is 11.7 Å². The fourth-order valence-electron chi connectivity index (χ4n) is 3.59. The van der Waals surface area contributed by atoms with Gasteiger partial charge in [-0.05, 0) is 74.1 Å². The molecule has 0 spiro atoms. The summed E-state index contributed by atoms with van der Waals surface area (Å²) >= 11 is 0. The molecule has 2 aromatic carbocycles. The highest BCUT2D eigenvalue weighted by molar-refractivity contribution is 5.80. The number of nitrogens with zero attached hydrogens (tertiary/aromatic N) is 2. The first kappa shape index (κ1) is 19.9. The third-order valence-electron chi connectivity index (χ3n) is 5.26. The molecule has 1 N–H and O–H groups in total. The molecule has 0 saturated heterocycles. The molecule has 3 aromatic rings. The number of methoxy groups -OCH3 is 1. The minimum atomic E-state index is -0.623. The number of hydrogen-bond acceptors (Lipinski definition) is 6. The minimum Gasteiger partial charge on any atom is -0.497 e. The molecule has 7 heteroatoms. The number of benzene rings is 2. The smallest absolute Gasteiger partial charge is 0.261 e. The van der Waals surface area contributed by atoms with E-state index in [1.54, 1.807) is 14.0 Å². The molecule has 30 heavy (non-hydrogen) atoms. The highest BCUT2D eigenvalue weighted by Gasteiger charge is 2.20. The van der Waals surface area contributed by atoms with Gasteiger partial charge in [-0.1, -0.05) is 17.3 Å². The summed E-state index contributed by atoms with van der Waals surface area (Å²) in [5.74, 6) is 2.12. The van der Waals surface area contributed by atoms with Gasteiger partial charge in [-0.2, -0.15) is 4.98 Å². The number of amides is 1. The zero-order valence-corrected chi connectivity index (χ0v) is 17.2.